The van der Waals surface area contributed by atoms with Gasteiger partial charge in [0.05, 0.1) is 12.1 Å². The Morgan fingerprint density at radius 1 is 1.44 bits per heavy atom. The van der Waals surface area contributed by atoms with Crippen molar-refractivity contribution in [2.24, 2.45) is 0 Å². The van der Waals surface area contributed by atoms with E-state index in [9.17, 15) is 0 Å². The van der Waals surface area contributed by atoms with Gasteiger partial charge in [-0.05, 0) is 25.2 Å². The van der Waals surface area contributed by atoms with Gasteiger partial charge in [0.25, 0.3) is 0 Å². The highest BCUT2D eigenvalue weighted by Crippen LogP contribution is 2.21. The van der Waals surface area contributed by atoms with Gasteiger partial charge >= 0.3 is 0 Å². The molecule has 0 fully saturated rings. The first-order chi connectivity index (χ1) is 7.83. The molecule has 0 bridgehead atoms. The van der Waals surface area contributed by atoms with Crippen LogP contribution in [-0.2, 0) is 6.54 Å². The van der Waals surface area contributed by atoms with Gasteiger partial charge in [-0.2, -0.15) is 5.26 Å². The molecule has 2 heterocycles. The van der Waals surface area contributed by atoms with Gasteiger partial charge in [-0.25, -0.2) is 0 Å². The highest BCUT2D eigenvalue weighted by atomic mass is 16.3. The fraction of sp³-hybridized carbons (Fsp3) is 0.167. The van der Waals surface area contributed by atoms with E-state index in [0.29, 0.717) is 12.1 Å². The third-order valence-electron chi connectivity index (χ3n) is 2.16. The Bertz CT molecular complexity index is 525. The second kappa shape index (κ2) is 4.60. The van der Waals surface area contributed by atoms with Gasteiger partial charge in [-0.15, -0.1) is 0 Å². The highest BCUT2D eigenvalue weighted by molar-refractivity contribution is 5.58. The average molecular weight is 213 g/mol. The molecule has 0 atom stereocenters. The fourth-order valence-electron chi connectivity index (χ4n) is 1.44. The minimum absolute atomic E-state index is 0.532. The maximum absolute atomic E-state index is 8.77. The molecule has 0 saturated heterocycles. The summed E-state index contributed by atoms with van der Waals surface area (Å²) >= 11 is 0. The lowest BCUT2D eigenvalue weighted by atomic mass is 10.2. The van der Waals surface area contributed by atoms with Crippen molar-refractivity contribution in [2.75, 3.05) is 7.05 Å². The molecule has 1 N–H and O–H groups in total. The van der Waals surface area contributed by atoms with Crippen molar-refractivity contribution >= 4 is 0 Å². The molecule has 0 saturated carbocycles. The van der Waals surface area contributed by atoms with Gasteiger partial charge < -0.3 is 9.73 Å². The zero-order chi connectivity index (χ0) is 11.4. The zero-order valence-electron chi connectivity index (χ0n) is 8.90. The number of hydrogen-bond acceptors (Lipinski definition) is 4. The van der Waals surface area contributed by atoms with E-state index >= 15 is 0 Å². The highest BCUT2D eigenvalue weighted by Gasteiger charge is 2.05. The molecular weight excluding hydrogens is 202 g/mol. The summed E-state index contributed by atoms with van der Waals surface area (Å²) in [7, 11) is 1.86. The average Bonchev–Trinajstić information content (AvgIpc) is 2.78. The van der Waals surface area contributed by atoms with Gasteiger partial charge in [0.1, 0.15) is 17.6 Å². The van der Waals surface area contributed by atoms with Crippen molar-refractivity contribution in [1.29, 1.82) is 5.26 Å². The third kappa shape index (κ3) is 2.10. The Morgan fingerprint density at radius 2 is 2.31 bits per heavy atom. The monoisotopic (exact) mass is 213 g/mol. The van der Waals surface area contributed by atoms with Crippen molar-refractivity contribution < 1.29 is 4.42 Å². The lowest BCUT2D eigenvalue weighted by molar-refractivity contribution is 0.507. The van der Waals surface area contributed by atoms with Crippen LogP contribution in [0.25, 0.3) is 11.3 Å². The van der Waals surface area contributed by atoms with Crippen molar-refractivity contribution in [3.8, 4) is 17.4 Å². The fourth-order valence-corrected chi connectivity index (χ4v) is 1.44. The number of hydrogen-bond donors (Lipinski definition) is 1. The SMILES string of the molecule is CNCc1ccc(-c2cncc(C#N)c2)o1. The van der Waals surface area contributed by atoms with Crippen LogP contribution < -0.4 is 5.32 Å². The maximum Gasteiger partial charge on any atom is 0.135 e. The second-order valence-corrected chi connectivity index (χ2v) is 3.37. The molecule has 2 rings (SSSR count). The van der Waals surface area contributed by atoms with E-state index in [0.717, 1.165) is 17.1 Å². The summed E-state index contributed by atoms with van der Waals surface area (Å²) in [6, 6.07) is 7.60. The van der Waals surface area contributed by atoms with Crippen molar-refractivity contribution in [1.82, 2.24) is 10.3 Å². The summed E-state index contributed by atoms with van der Waals surface area (Å²) in [4.78, 5) is 3.99. The Labute approximate surface area is 93.5 Å². The number of nitrogens with one attached hydrogen (secondary N) is 1. The van der Waals surface area contributed by atoms with E-state index in [1.807, 2.05) is 19.2 Å². The first-order valence-electron chi connectivity index (χ1n) is 4.92. The molecule has 0 spiro atoms. The maximum atomic E-state index is 8.77. The molecule has 2 aromatic rings. The van der Waals surface area contributed by atoms with Crippen molar-refractivity contribution in [3.63, 3.8) is 0 Å². The summed E-state index contributed by atoms with van der Waals surface area (Å²) < 4.78 is 5.60. The smallest absolute Gasteiger partial charge is 0.135 e. The van der Waals surface area contributed by atoms with Gasteiger partial charge in [0.2, 0.25) is 0 Å². The number of aromatic nitrogens is 1. The van der Waals surface area contributed by atoms with Crippen molar-refractivity contribution in [3.05, 3.63) is 41.9 Å². The van der Waals surface area contributed by atoms with Crippen molar-refractivity contribution in [2.45, 2.75) is 6.54 Å². The Balaban J connectivity index is 2.32. The van der Waals surface area contributed by atoms with E-state index in [-0.39, 0.29) is 0 Å². The summed E-state index contributed by atoms with van der Waals surface area (Å²) in [5, 5.41) is 11.8. The van der Waals surface area contributed by atoms with Crippen LogP contribution in [0.4, 0.5) is 0 Å². The van der Waals surface area contributed by atoms with E-state index in [4.69, 9.17) is 9.68 Å². The van der Waals surface area contributed by atoms with Crippen LogP contribution in [0.2, 0.25) is 0 Å². The Morgan fingerprint density at radius 3 is 3.06 bits per heavy atom. The predicted octanol–water partition coefficient (Wildman–Crippen LogP) is 1.93. The van der Waals surface area contributed by atoms with E-state index in [1.54, 1.807) is 12.3 Å². The van der Waals surface area contributed by atoms with Gasteiger partial charge in [-0.1, -0.05) is 0 Å². The van der Waals surface area contributed by atoms with E-state index in [1.165, 1.54) is 6.20 Å². The Kier molecular flexibility index (Phi) is 2.99. The first kappa shape index (κ1) is 10.4. The molecule has 0 unspecified atom stereocenters. The normalized spacial score (nSPS) is 10.0. The standard InChI is InChI=1S/C12H11N3O/c1-14-8-11-2-3-12(16-11)10-4-9(5-13)6-15-7-10/h2-4,6-7,14H,8H2,1H3. The van der Waals surface area contributed by atoms with Crippen LogP contribution in [0.15, 0.2) is 35.0 Å². The quantitative estimate of drug-likeness (QED) is 0.846. The molecule has 0 aliphatic heterocycles. The van der Waals surface area contributed by atoms with Gasteiger partial charge in [0, 0.05) is 18.0 Å². The summed E-state index contributed by atoms with van der Waals surface area (Å²) in [6.45, 7) is 0.686. The summed E-state index contributed by atoms with van der Waals surface area (Å²) in [5.74, 6) is 1.59. The number of rotatable bonds is 3. The van der Waals surface area contributed by atoms with Gasteiger partial charge in [-0.3, -0.25) is 4.98 Å². The molecule has 2 aromatic heterocycles. The molecule has 16 heavy (non-hydrogen) atoms. The molecule has 80 valence electrons. The number of pyridine rings is 1. The van der Waals surface area contributed by atoms with Crippen LogP contribution in [0.3, 0.4) is 0 Å². The van der Waals surface area contributed by atoms with Crippen LogP contribution in [0.1, 0.15) is 11.3 Å². The summed E-state index contributed by atoms with van der Waals surface area (Å²) in [5.41, 5.74) is 1.35. The number of nitrogens with zero attached hydrogens (tertiary/aromatic N) is 2. The van der Waals surface area contributed by atoms with E-state index < -0.39 is 0 Å². The first-order valence-corrected chi connectivity index (χ1v) is 4.92. The molecule has 0 aromatic carbocycles. The lowest BCUT2D eigenvalue weighted by Gasteiger charge is -1.97. The Hall–Kier alpha value is -2.12. The van der Waals surface area contributed by atoms with Gasteiger partial charge in [0.15, 0.2) is 0 Å². The van der Waals surface area contributed by atoms with E-state index in [2.05, 4.69) is 16.4 Å². The minimum atomic E-state index is 0.532. The largest absolute Gasteiger partial charge is 0.460 e. The molecule has 0 radical (unpaired) electrons. The van der Waals surface area contributed by atoms with Crippen LogP contribution in [-0.4, -0.2) is 12.0 Å². The van der Waals surface area contributed by atoms with Crippen LogP contribution in [0, 0.1) is 11.3 Å². The van der Waals surface area contributed by atoms with Crippen LogP contribution in [0.5, 0.6) is 0 Å². The molecule has 0 amide bonds. The molecule has 4 heteroatoms. The molecular formula is C12H11N3O. The zero-order valence-corrected chi connectivity index (χ0v) is 8.90. The molecule has 4 nitrogen and oxygen atoms in total. The lowest BCUT2D eigenvalue weighted by Crippen LogP contribution is -2.03. The minimum Gasteiger partial charge on any atom is -0.460 e. The van der Waals surface area contributed by atoms with Crippen LogP contribution >= 0.6 is 0 Å². The third-order valence-corrected chi connectivity index (χ3v) is 2.16. The second-order valence-electron chi connectivity index (χ2n) is 3.37. The number of furan rings is 1. The summed E-state index contributed by atoms with van der Waals surface area (Å²) in [6.07, 6.45) is 3.21. The molecule has 0 aliphatic carbocycles. The number of nitriles is 1. The molecule has 0 aliphatic rings. The predicted molar refractivity (Wildman–Crippen MR) is 59.4 cm³/mol. The topological polar surface area (TPSA) is 61.9 Å².